The molecule has 0 atom stereocenters. The monoisotopic (exact) mass is 1580 g/mol. The van der Waals surface area contributed by atoms with Gasteiger partial charge in [0.1, 0.15) is 17.2 Å². The first-order valence-electron chi connectivity index (χ1n) is 41.0. The molecular weight excluding hydrogens is 1470 g/mol. The molecule has 0 aromatic heterocycles. The number of hydrogen-bond donors (Lipinski definition) is 0. The number of hydrogen-bond acceptors (Lipinski definition) is 10. The fourth-order valence-electron chi connectivity index (χ4n) is 12.4. The van der Waals surface area contributed by atoms with E-state index >= 15 is 0 Å². The van der Waals surface area contributed by atoms with Crippen molar-refractivity contribution in [3.8, 4) is 72.9 Å². The molecule has 12 aromatic rings. The van der Waals surface area contributed by atoms with E-state index in [2.05, 4.69) is 151 Å². The summed E-state index contributed by atoms with van der Waals surface area (Å²) in [4.78, 5) is 61.6. The molecule has 13 rings (SSSR count). The highest BCUT2D eigenvalue weighted by Gasteiger charge is 2.45. The number of Topliss-reactive ketones (excluding diaryl/α,β-unsaturated/α-hetero) is 1. The van der Waals surface area contributed by atoms with E-state index in [9.17, 15) is 24.0 Å². The van der Waals surface area contributed by atoms with Crippen molar-refractivity contribution in [2.45, 2.75) is 164 Å². The van der Waals surface area contributed by atoms with Gasteiger partial charge in [-0.3, -0.25) is 24.0 Å². The van der Waals surface area contributed by atoms with Crippen LogP contribution in [0.4, 0.5) is 0 Å². The Bertz CT molecular complexity index is 5150. The molecule has 0 spiro atoms. The standard InChI is InChI=1S/C28H27BO.C26H28O2.C20H24O2.C17H17BO2.C16H22O3/c1-28(2,3)30-29(26-18-14-24(15-19-26)22-10-6-4-7-11-22)27-20-16-25(17-21-27)23-12-8-5-9-13-23;1-25(2,3)26(4,5)24(27)28-23-21(19-13-8-6-9-14-19)17-12-18-22(23)20-15-10-7-11-16-20;1-19(2,3)20(4,5)18(21)22-17-13-11-16(12-14-17)15-9-7-6-8-10-15;1-17(2,3)20-18-14-10-6-4-8-12(14)16(19)13-9-5-7-11-15(13)18;1-11(17)12-7-9-13(10-8-12)19-14(18)16(5,6)15(2,3)4/h4-21H,1-3H3;6-18H,1-5H3;6-14H,1-5H3;4-11H,1-3H3;7-10H,1-6H3. The number of carbonyl (C=O) groups is 5. The second-order valence-electron chi connectivity index (χ2n) is 36.9. The van der Waals surface area contributed by atoms with Gasteiger partial charge in [-0.2, -0.15) is 0 Å². The van der Waals surface area contributed by atoms with Crippen LogP contribution < -0.4 is 36.1 Å². The molecule has 1 heterocycles. The number of benzene rings is 12. The predicted molar refractivity (Wildman–Crippen MR) is 494 cm³/mol. The normalized spacial score (nSPS) is 12.2. The molecule has 0 radical (unpaired) electrons. The Morgan fingerprint density at radius 1 is 0.277 bits per heavy atom. The van der Waals surface area contributed by atoms with Gasteiger partial charge in [0.15, 0.2) is 11.6 Å². The zero-order valence-corrected chi connectivity index (χ0v) is 73.8. The smallest absolute Gasteiger partial charge is 0.363 e. The van der Waals surface area contributed by atoms with Gasteiger partial charge < -0.3 is 23.5 Å². The van der Waals surface area contributed by atoms with Gasteiger partial charge in [0.05, 0.1) is 16.2 Å². The summed E-state index contributed by atoms with van der Waals surface area (Å²) in [5.74, 6) is 1.05. The number of fused-ring (bicyclic) bond motifs is 2. The Hall–Kier alpha value is -11.6. The van der Waals surface area contributed by atoms with Crippen LogP contribution in [0.2, 0.25) is 0 Å². The van der Waals surface area contributed by atoms with Gasteiger partial charge in [0.25, 0.3) is 0 Å². The maximum Gasteiger partial charge on any atom is 0.363 e. The van der Waals surface area contributed by atoms with E-state index in [-0.39, 0.29) is 70.8 Å². The van der Waals surface area contributed by atoms with Crippen molar-refractivity contribution in [3.63, 3.8) is 0 Å². The van der Waals surface area contributed by atoms with Crippen LogP contribution in [-0.4, -0.2) is 54.5 Å². The van der Waals surface area contributed by atoms with E-state index in [1.165, 1.54) is 29.2 Å². The van der Waals surface area contributed by atoms with Gasteiger partial charge in [-0.1, -0.05) is 341 Å². The number of esters is 3. The summed E-state index contributed by atoms with van der Waals surface area (Å²) in [6.45, 7) is 43.5. The molecule has 0 bridgehead atoms. The molecule has 0 aliphatic carbocycles. The van der Waals surface area contributed by atoms with Crippen LogP contribution in [0, 0.1) is 32.5 Å². The zero-order chi connectivity index (χ0) is 86.9. The molecule has 1 aliphatic heterocycles. The number of para-hydroxylation sites is 1. The molecular formula is C107H118B2O10. The van der Waals surface area contributed by atoms with E-state index in [1.807, 2.05) is 286 Å². The molecule has 0 unspecified atom stereocenters. The lowest BCUT2D eigenvalue weighted by Crippen LogP contribution is -2.55. The van der Waals surface area contributed by atoms with Gasteiger partial charge in [-0.15, -0.1) is 0 Å². The van der Waals surface area contributed by atoms with E-state index in [4.69, 9.17) is 23.5 Å². The van der Waals surface area contributed by atoms with E-state index in [1.54, 1.807) is 24.3 Å². The van der Waals surface area contributed by atoms with Crippen molar-refractivity contribution >= 4 is 65.2 Å². The quantitative estimate of drug-likeness (QED) is 0.0399. The molecule has 12 aromatic carbocycles. The van der Waals surface area contributed by atoms with Crippen LogP contribution in [0.3, 0.4) is 0 Å². The highest BCUT2D eigenvalue weighted by atomic mass is 16.5. The minimum atomic E-state index is -0.634. The lowest BCUT2D eigenvalue weighted by atomic mass is 9.49. The van der Waals surface area contributed by atoms with Crippen molar-refractivity contribution in [1.82, 2.24) is 0 Å². The fourth-order valence-corrected chi connectivity index (χ4v) is 12.4. The van der Waals surface area contributed by atoms with Gasteiger partial charge >= 0.3 is 31.7 Å². The highest BCUT2D eigenvalue weighted by Crippen LogP contribution is 2.45. The van der Waals surface area contributed by atoms with Crippen LogP contribution in [-0.2, 0) is 23.7 Å². The SMILES string of the molecule is CC(=O)c1ccc(OC(=O)C(C)(C)C(C)(C)C)cc1.CC(C)(C)C(C)(C)C(=O)Oc1c(-c2ccccc2)cccc1-c1ccccc1.CC(C)(C)C(C)(C)C(=O)Oc1ccc(-c2ccccc2)cc1.CC(C)(C)OB(c1ccc(-c2ccccc2)cc1)c1ccc(-c2ccccc2)cc1.CC(C)(C)OB1c2ccccc2C(=O)c2ccccc21. The second-order valence-corrected chi connectivity index (χ2v) is 36.9. The summed E-state index contributed by atoms with van der Waals surface area (Å²) in [5.41, 5.74) is 14.5. The predicted octanol–water partition coefficient (Wildman–Crippen LogP) is 24.3. The van der Waals surface area contributed by atoms with Gasteiger partial charge in [0.2, 0.25) is 0 Å². The maximum atomic E-state index is 13.2. The molecule has 12 heteroatoms. The largest absolute Gasteiger partial charge is 0.426 e. The third-order valence-corrected chi connectivity index (χ3v) is 22.7. The third kappa shape index (κ3) is 24.1. The lowest BCUT2D eigenvalue weighted by Gasteiger charge is -2.36. The summed E-state index contributed by atoms with van der Waals surface area (Å²) in [6.07, 6.45) is 0. The van der Waals surface area contributed by atoms with Crippen molar-refractivity contribution in [1.29, 1.82) is 0 Å². The number of rotatable bonds is 16. The van der Waals surface area contributed by atoms with Gasteiger partial charge in [-0.25, -0.2) is 0 Å². The summed E-state index contributed by atoms with van der Waals surface area (Å²) in [6, 6.07) is 104. The van der Waals surface area contributed by atoms with E-state index in [0.717, 1.165) is 66.4 Å². The molecule has 0 fully saturated rings. The van der Waals surface area contributed by atoms with Gasteiger partial charge in [-0.05, 0) is 209 Å². The van der Waals surface area contributed by atoms with Crippen LogP contribution in [0.1, 0.15) is 179 Å². The van der Waals surface area contributed by atoms with Crippen LogP contribution in [0.25, 0.3) is 55.6 Å². The topological polar surface area (TPSA) is 132 Å². The Balaban J connectivity index is 0.000000171. The first-order chi connectivity index (χ1) is 56.0. The molecule has 0 saturated heterocycles. The second kappa shape index (κ2) is 38.9. The van der Waals surface area contributed by atoms with Crippen molar-refractivity contribution in [3.05, 3.63) is 332 Å². The fraction of sp³-hybridized carbons (Fsp3) is 0.280. The van der Waals surface area contributed by atoms with E-state index < -0.39 is 16.2 Å². The van der Waals surface area contributed by atoms with E-state index in [0.29, 0.717) is 22.8 Å². The number of carbonyl (C=O) groups excluding carboxylic acids is 5. The average Bonchev–Trinajstić information content (AvgIpc) is 0.752. The Morgan fingerprint density at radius 2 is 0.546 bits per heavy atom. The highest BCUT2D eigenvalue weighted by molar-refractivity contribution is 6.83. The average molecular weight is 1590 g/mol. The summed E-state index contributed by atoms with van der Waals surface area (Å²) in [7, 11) is 0. The molecule has 612 valence electrons. The summed E-state index contributed by atoms with van der Waals surface area (Å²) >= 11 is 0. The molecule has 0 amide bonds. The molecule has 119 heavy (non-hydrogen) atoms. The third-order valence-electron chi connectivity index (χ3n) is 22.7. The number of ether oxygens (including phenoxy) is 3. The van der Waals surface area contributed by atoms with Crippen LogP contribution >= 0.6 is 0 Å². The first-order valence-corrected chi connectivity index (χ1v) is 41.0. The molecule has 0 N–H and O–H groups in total. The molecule has 10 nitrogen and oxygen atoms in total. The molecule has 0 saturated carbocycles. The zero-order valence-electron chi connectivity index (χ0n) is 73.8. The van der Waals surface area contributed by atoms with Crippen LogP contribution in [0.15, 0.2) is 315 Å². The Morgan fingerprint density at radius 3 is 0.849 bits per heavy atom. The summed E-state index contributed by atoms with van der Waals surface area (Å²) in [5, 5.41) is 0. The minimum absolute atomic E-state index is 0.00658. The van der Waals surface area contributed by atoms with Crippen LogP contribution in [0.5, 0.6) is 17.2 Å². The van der Waals surface area contributed by atoms with Crippen molar-refractivity contribution < 1.29 is 47.5 Å². The molecule has 1 aliphatic rings. The first kappa shape index (κ1) is 91.3. The van der Waals surface area contributed by atoms with Crippen molar-refractivity contribution in [2.24, 2.45) is 32.5 Å². The number of ketones is 2. The summed E-state index contributed by atoms with van der Waals surface area (Å²) < 4.78 is 29.8. The Kier molecular flexibility index (Phi) is 29.8. The lowest BCUT2D eigenvalue weighted by molar-refractivity contribution is -0.150. The Labute approximate surface area is 709 Å². The van der Waals surface area contributed by atoms with Crippen molar-refractivity contribution in [2.75, 3.05) is 0 Å². The maximum absolute atomic E-state index is 13.2. The van der Waals surface area contributed by atoms with Gasteiger partial charge in [0, 0.05) is 39.0 Å². The minimum Gasteiger partial charge on any atom is -0.426 e.